The van der Waals surface area contributed by atoms with E-state index in [0.29, 0.717) is 19.0 Å². The predicted octanol–water partition coefficient (Wildman–Crippen LogP) is 3.00. The maximum atomic E-state index is 12.4. The summed E-state index contributed by atoms with van der Waals surface area (Å²) in [4.78, 5) is 28.2. The van der Waals surface area contributed by atoms with Crippen molar-refractivity contribution < 1.29 is 13.9 Å². The lowest BCUT2D eigenvalue weighted by Gasteiger charge is -2.39. The molecule has 0 spiro atoms. The van der Waals surface area contributed by atoms with E-state index in [-0.39, 0.29) is 36.1 Å². The molecule has 1 amide bonds. The Labute approximate surface area is 214 Å². The summed E-state index contributed by atoms with van der Waals surface area (Å²) in [5.74, 6) is 3.38. The number of carbonyl (C=O) groups excluding carboxylic acids is 1. The zero-order chi connectivity index (χ0) is 22.9. The summed E-state index contributed by atoms with van der Waals surface area (Å²) in [5.41, 5.74) is 0.524. The average molecular weight is 575 g/mol. The monoisotopic (exact) mass is 574 g/mol. The van der Waals surface area contributed by atoms with E-state index in [1.807, 2.05) is 39.5 Å². The van der Waals surface area contributed by atoms with E-state index >= 15 is 0 Å². The van der Waals surface area contributed by atoms with Gasteiger partial charge in [-0.25, -0.2) is 9.78 Å². The Bertz CT molecular complexity index is 824. The number of aromatic nitrogens is 1. The van der Waals surface area contributed by atoms with E-state index in [1.165, 1.54) is 0 Å². The lowest BCUT2D eigenvalue weighted by Crippen LogP contribution is -2.58. The van der Waals surface area contributed by atoms with Crippen LogP contribution in [0.2, 0.25) is 0 Å². The fraction of sp³-hybridized carbons (Fsp3) is 0.783. The van der Waals surface area contributed by atoms with Gasteiger partial charge in [-0.15, -0.1) is 24.0 Å². The Kier molecular flexibility index (Phi) is 8.52. The first kappa shape index (κ1) is 26.1. The minimum Gasteiger partial charge on any atom is -0.444 e. The Hall–Kier alpha value is -1.56. The smallest absolute Gasteiger partial charge is 0.410 e. The molecule has 1 aromatic heterocycles. The third kappa shape index (κ3) is 6.74. The lowest BCUT2D eigenvalue weighted by atomic mass is 9.97. The Morgan fingerprint density at radius 1 is 1.18 bits per heavy atom. The number of guanidine groups is 1. The Balaban J connectivity index is 0.00000306. The van der Waals surface area contributed by atoms with E-state index in [9.17, 15) is 4.79 Å². The van der Waals surface area contributed by atoms with Crippen LogP contribution >= 0.6 is 24.0 Å². The molecule has 4 rings (SSSR count). The normalized spacial score (nSPS) is 22.0. The van der Waals surface area contributed by atoms with Crippen molar-refractivity contribution in [3.8, 4) is 0 Å². The zero-order valence-electron chi connectivity index (χ0n) is 20.6. The quantitative estimate of drug-likeness (QED) is 0.554. The van der Waals surface area contributed by atoms with Crippen LogP contribution in [0.25, 0.3) is 0 Å². The molecule has 9 nitrogen and oxygen atoms in total. The minimum absolute atomic E-state index is 0. The molecular weight excluding hydrogens is 535 g/mol. The second-order valence-electron chi connectivity index (χ2n) is 10.3. The number of ether oxygens (including phenoxy) is 1. The molecule has 33 heavy (non-hydrogen) atoms. The van der Waals surface area contributed by atoms with Crippen LogP contribution in [0.4, 0.5) is 4.79 Å². The van der Waals surface area contributed by atoms with Crippen LogP contribution in [0.1, 0.15) is 51.0 Å². The predicted molar refractivity (Wildman–Crippen MR) is 138 cm³/mol. The van der Waals surface area contributed by atoms with Gasteiger partial charge in [0, 0.05) is 26.2 Å². The number of piperazine rings is 1. The van der Waals surface area contributed by atoms with Crippen LogP contribution in [-0.2, 0) is 11.3 Å². The minimum atomic E-state index is -0.463. The summed E-state index contributed by atoms with van der Waals surface area (Å²) in [6.07, 6.45) is 2.10. The van der Waals surface area contributed by atoms with E-state index in [2.05, 4.69) is 20.1 Å². The summed E-state index contributed by atoms with van der Waals surface area (Å²) in [6.45, 7) is 16.4. The summed E-state index contributed by atoms with van der Waals surface area (Å²) >= 11 is 0. The van der Waals surface area contributed by atoms with Crippen LogP contribution < -0.4 is 5.32 Å². The molecule has 0 radical (unpaired) electrons. The van der Waals surface area contributed by atoms with Gasteiger partial charge in [-0.3, -0.25) is 9.89 Å². The Morgan fingerprint density at radius 2 is 1.91 bits per heavy atom. The molecule has 0 aliphatic carbocycles. The van der Waals surface area contributed by atoms with Crippen LogP contribution in [0, 0.1) is 19.8 Å². The molecule has 1 aromatic rings. The van der Waals surface area contributed by atoms with Crippen LogP contribution in [0.3, 0.4) is 0 Å². The first-order valence-corrected chi connectivity index (χ1v) is 11.9. The number of fused-ring (bicyclic) bond motifs is 1. The molecule has 3 aliphatic rings. The van der Waals surface area contributed by atoms with Gasteiger partial charge in [0.25, 0.3) is 0 Å². The Morgan fingerprint density at radius 3 is 2.55 bits per heavy atom. The van der Waals surface area contributed by atoms with Gasteiger partial charge in [0.05, 0.1) is 24.8 Å². The molecule has 1 atom stereocenters. The van der Waals surface area contributed by atoms with Crippen molar-refractivity contribution in [1.82, 2.24) is 25.0 Å². The van der Waals surface area contributed by atoms with Gasteiger partial charge in [0.15, 0.2) is 5.96 Å². The molecule has 2 saturated heterocycles. The van der Waals surface area contributed by atoms with Gasteiger partial charge in [0.1, 0.15) is 11.4 Å². The third-order valence-corrected chi connectivity index (χ3v) is 6.55. The van der Waals surface area contributed by atoms with E-state index < -0.39 is 5.60 Å². The second kappa shape index (κ2) is 10.8. The maximum absolute atomic E-state index is 12.4. The van der Waals surface area contributed by atoms with Crippen molar-refractivity contribution in [3.05, 3.63) is 17.3 Å². The number of nitrogens with one attached hydrogen (secondary N) is 1. The number of aryl methyl sites for hydroxylation is 2. The molecule has 10 heteroatoms. The number of halogens is 1. The largest absolute Gasteiger partial charge is 0.444 e. The van der Waals surface area contributed by atoms with Crippen LogP contribution in [0.5, 0.6) is 0 Å². The van der Waals surface area contributed by atoms with Gasteiger partial charge in [-0.1, -0.05) is 0 Å². The number of rotatable bonds is 4. The summed E-state index contributed by atoms with van der Waals surface area (Å²) < 4.78 is 11.3. The van der Waals surface area contributed by atoms with Gasteiger partial charge in [0.2, 0.25) is 5.89 Å². The molecular formula is C23H39IN6O3. The van der Waals surface area contributed by atoms with Gasteiger partial charge < -0.3 is 24.3 Å². The average Bonchev–Trinajstić information content (AvgIpc) is 3.28. The summed E-state index contributed by atoms with van der Waals surface area (Å²) in [7, 11) is 0. The van der Waals surface area contributed by atoms with Crippen molar-refractivity contribution in [3.63, 3.8) is 0 Å². The number of aliphatic imine (C=N–C) groups is 1. The number of hydrogen-bond donors (Lipinski definition) is 1. The highest BCUT2D eigenvalue weighted by molar-refractivity contribution is 14.0. The van der Waals surface area contributed by atoms with Crippen LogP contribution in [-0.4, -0.2) is 89.2 Å². The molecule has 2 fully saturated rings. The molecule has 0 aromatic carbocycles. The fourth-order valence-electron chi connectivity index (χ4n) is 4.61. The van der Waals surface area contributed by atoms with E-state index in [4.69, 9.17) is 14.1 Å². The summed E-state index contributed by atoms with van der Waals surface area (Å²) in [6, 6.07) is 0.244. The molecule has 0 bridgehead atoms. The zero-order valence-corrected chi connectivity index (χ0v) is 22.9. The van der Waals surface area contributed by atoms with Crippen LogP contribution in [0.15, 0.2) is 9.41 Å². The number of nitrogens with zero attached hydrogens (tertiary/aromatic N) is 5. The number of likely N-dealkylation sites (tertiary alicyclic amines) is 1. The first-order chi connectivity index (χ1) is 15.2. The molecule has 3 aliphatic heterocycles. The SMILES string of the molecule is Cc1nc(CN2CCC(CNC3=NCC4CN(C(=O)OC(C)(C)C)CCN34)CC2)oc1C.I. The highest BCUT2D eigenvalue weighted by atomic mass is 127. The van der Waals surface area contributed by atoms with Crippen molar-refractivity contribution in [1.29, 1.82) is 0 Å². The maximum Gasteiger partial charge on any atom is 0.410 e. The molecule has 4 heterocycles. The highest BCUT2D eigenvalue weighted by Gasteiger charge is 2.36. The topological polar surface area (TPSA) is 86.4 Å². The lowest BCUT2D eigenvalue weighted by molar-refractivity contribution is 0.0137. The van der Waals surface area contributed by atoms with Crippen molar-refractivity contribution in [2.45, 2.75) is 65.6 Å². The second-order valence-corrected chi connectivity index (χ2v) is 10.3. The third-order valence-electron chi connectivity index (χ3n) is 6.55. The summed E-state index contributed by atoms with van der Waals surface area (Å²) in [5, 5.41) is 3.60. The van der Waals surface area contributed by atoms with Crippen molar-refractivity contribution >= 4 is 36.0 Å². The number of amides is 1. The molecule has 186 valence electrons. The molecule has 1 unspecified atom stereocenters. The van der Waals surface area contributed by atoms with Crippen molar-refractivity contribution in [2.75, 3.05) is 45.8 Å². The standard InChI is InChI=1S/C23H38N6O3.HI/c1-16-17(2)31-20(26-16)15-27-8-6-18(7-9-27)12-24-21-25-13-19-14-28(10-11-29(19)21)22(30)32-23(3,4)5;/h18-19H,6-15H2,1-5H3,(H,24,25);1H. The van der Waals surface area contributed by atoms with E-state index in [0.717, 1.165) is 75.4 Å². The number of hydrogen-bond acceptors (Lipinski definition) is 8. The number of carbonyl (C=O) groups is 1. The van der Waals surface area contributed by atoms with Gasteiger partial charge >= 0.3 is 6.09 Å². The fourth-order valence-corrected chi connectivity index (χ4v) is 4.61. The molecule has 0 saturated carbocycles. The van der Waals surface area contributed by atoms with Gasteiger partial charge in [-0.05, 0) is 66.5 Å². The van der Waals surface area contributed by atoms with Gasteiger partial charge in [-0.2, -0.15) is 0 Å². The highest BCUT2D eigenvalue weighted by Crippen LogP contribution is 2.21. The first-order valence-electron chi connectivity index (χ1n) is 11.9. The molecule has 1 N–H and O–H groups in total. The van der Waals surface area contributed by atoms with Crippen molar-refractivity contribution in [2.24, 2.45) is 10.9 Å². The number of piperidine rings is 1. The number of oxazole rings is 1. The van der Waals surface area contributed by atoms with E-state index in [1.54, 1.807) is 0 Å².